The molecule has 0 aromatic carbocycles. The van der Waals surface area contributed by atoms with Gasteiger partial charge in [-0.05, 0) is 0 Å². The summed E-state index contributed by atoms with van der Waals surface area (Å²) in [5, 5.41) is 0. The van der Waals surface area contributed by atoms with Gasteiger partial charge in [-0.1, -0.05) is 0 Å². The van der Waals surface area contributed by atoms with E-state index in [4.69, 9.17) is 19.2 Å². The molecular weight excluding hydrogens is 187 g/mol. The van der Waals surface area contributed by atoms with Gasteiger partial charge in [0.15, 0.2) is 0 Å². The van der Waals surface area contributed by atoms with Gasteiger partial charge in [0.05, 0.1) is 0 Å². The quantitative estimate of drug-likeness (QED) is 0.295. The van der Waals surface area contributed by atoms with Gasteiger partial charge in [0.25, 0.3) is 0 Å². The minimum absolute atomic E-state index is 0. The first-order valence-corrected chi connectivity index (χ1v) is 2.19. The predicted molar refractivity (Wildman–Crippen MR) is 13.4 cm³/mol. The molecule has 0 aliphatic carbocycles. The second kappa shape index (κ2) is 5.40. The topological polar surface area (TPSA) is 86.2 Å². The van der Waals surface area contributed by atoms with E-state index in [-0.39, 0.29) is 36.8 Å². The molecule has 0 aliphatic heterocycles. The van der Waals surface area contributed by atoms with Crippen molar-refractivity contribution in [3.05, 3.63) is 0 Å². The third-order valence-electron chi connectivity index (χ3n) is 0. The molecule has 0 N–H and O–H groups in total. The third kappa shape index (κ3) is 126. The van der Waals surface area contributed by atoms with Crippen LogP contribution in [0.1, 0.15) is 0 Å². The number of rotatable bonds is 0. The minimum atomic E-state index is -5.39. The second-order valence-corrected chi connectivity index (χ2v) is 1.34. The molecule has 0 aromatic rings. The van der Waals surface area contributed by atoms with E-state index >= 15 is 0 Å². The van der Waals surface area contributed by atoms with Gasteiger partial charge in [-0.3, -0.25) is 0 Å². The van der Waals surface area contributed by atoms with Gasteiger partial charge < -0.3 is 19.2 Å². The summed E-state index contributed by atoms with van der Waals surface area (Å²) in [5.41, 5.74) is 0. The average molecular weight is 187 g/mol. The summed E-state index contributed by atoms with van der Waals surface area (Å²) in [5.74, 6) is 0. The molecule has 7 heavy (non-hydrogen) atoms. The Kier molecular flexibility index (Phi) is 12.1. The van der Waals surface area contributed by atoms with Crippen molar-refractivity contribution in [2.75, 3.05) is 0 Å². The van der Waals surface area contributed by atoms with Crippen LogP contribution in [0.15, 0.2) is 0 Å². The first kappa shape index (κ1) is 15.7. The normalized spacial score (nSPS) is 8.43. The smallest absolute Gasteiger partial charge is 0.822 e. The van der Waals surface area contributed by atoms with Crippen molar-refractivity contribution in [1.82, 2.24) is 0 Å². The molecule has 4 nitrogen and oxygen atoms in total. The molecule has 0 atom stereocenters. The van der Waals surface area contributed by atoms with E-state index in [2.05, 4.69) is 0 Å². The van der Waals surface area contributed by atoms with Crippen LogP contribution in [-0.4, -0.2) is 17.4 Å². The Morgan fingerprint density at radius 2 is 1.14 bits per heavy atom. The van der Waals surface area contributed by atoms with E-state index in [1.165, 1.54) is 0 Å². The standard InChI is InChI=1S/Al.H3O4P.Zn/c;1-5(2,3)4;/h;(H3,1,2,3,4);/q+3;;/p-3. The second-order valence-electron chi connectivity index (χ2n) is 0.447. The Bertz CT molecular complexity index is 57.8. The molecular formula is AlO4PZn. The summed E-state index contributed by atoms with van der Waals surface area (Å²) in [6.45, 7) is 0. The molecule has 0 rings (SSSR count). The predicted octanol–water partition coefficient (Wildman–Crippen LogP) is -3.21. The van der Waals surface area contributed by atoms with Gasteiger partial charge in [-0.2, -0.15) is 7.82 Å². The van der Waals surface area contributed by atoms with Gasteiger partial charge in [-0.15, -0.1) is 0 Å². The summed E-state index contributed by atoms with van der Waals surface area (Å²) in [6, 6.07) is 0. The number of hydrogen-bond donors (Lipinski definition) is 0. The van der Waals surface area contributed by atoms with Crippen molar-refractivity contribution in [2.24, 2.45) is 0 Å². The van der Waals surface area contributed by atoms with Crippen LogP contribution in [0.25, 0.3) is 0 Å². The molecule has 0 radical (unpaired) electrons. The fourth-order valence-electron chi connectivity index (χ4n) is 0. The molecule has 0 spiro atoms. The molecule has 34 valence electrons. The summed E-state index contributed by atoms with van der Waals surface area (Å²) >= 11 is 0. The van der Waals surface area contributed by atoms with Crippen LogP contribution in [0, 0.1) is 0 Å². The molecule has 7 heteroatoms. The molecule has 0 saturated heterocycles. The van der Waals surface area contributed by atoms with Gasteiger partial charge in [0, 0.05) is 19.5 Å². The van der Waals surface area contributed by atoms with Crippen molar-refractivity contribution in [1.29, 1.82) is 0 Å². The summed E-state index contributed by atoms with van der Waals surface area (Å²) in [7, 11) is -5.39. The van der Waals surface area contributed by atoms with Crippen LogP contribution in [0.3, 0.4) is 0 Å². The molecule has 0 bridgehead atoms. The summed E-state index contributed by atoms with van der Waals surface area (Å²) in [6.07, 6.45) is 0. The summed E-state index contributed by atoms with van der Waals surface area (Å²) in [4.78, 5) is 25.6. The maximum atomic E-state index is 8.55. The fourth-order valence-corrected chi connectivity index (χ4v) is 0. The zero-order valence-corrected chi connectivity index (χ0v) is 8.38. The Balaban J connectivity index is -0.0000000800. The van der Waals surface area contributed by atoms with Gasteiger partial charge in [0.2, 0.25) is 0 Å². The van der Waals surface area contributed by atoms with Crippen molar-refractivity contribution in [2.45, 2.75) is 0 Å². The maximum Gasteiger partial charge on any atom is 3.00 e. The maximum absolute atomic E-state index is 8.55. The van der Waals surface area contributed by atoms with Crippen LogP contribution in [0.2, 0.25) is 0 Å². The van der Waals surface area contributed by atoms with Crippen molar-refractivity contribution < 1.29 is 38.7 Å². The first-order chi connectivity index (χ1) is 2.00. The van der Waals surface area contributed by atoms with E-state index < -0.39 is 7.82 Å². The molecule has 0 aromatic heterocycles. The number of phosphoric acid groups is 1. The fraction of sp³-hybridized carbons (Fsp3) is 0. The summed E-state index contributed by atoms with van der Waals surface area (Å²) < 4.78 is 8.55. The zero-order chi connectivity index (χ0) is 4.50. The molecule has 0 aliphatic rings. The van der Waals surface area contributed by atoms with E-state index in [1.54, 1.807) is 0 Å². The average Bonchev–Trinajstić information content (AvgIpc) is 0.722. The van der Waals surface area contributed by atoms with E-state index in [1.807, 2.05) is 0 Å². The number of hydrogen-bond acceptors (Lipinski definition) is 4. The third-order valence-corrected chi connectivity index (χ3v) is 0. The van der Waals surface area contributed by atoms with Crippen molar-refractivity contribution >= 4 is 25.2 Å². The van der Waals surface area contributed by atoms with E-state index in [0.717, 1.165) is 0 Å². The van der Waals surface area contributed by atoms with E-state index in [0.29, 0.717) is 0 Å². The van der Waals surface area contributed by atoms with Crippen molar-refractivity contribution in [3.63, 3.8) is 0 Å². The van der Waals surface area contributed by atoms with Crippen molar-refractivity contribution in [3.8, 4) is 0 Å². The van der Waals surface area contributed by atoms with Crippen LogP contribution in [0.5, 0.6) is 0 Å². The molecule has 0 heterocycles. The Morgan fingerprint density at radius 3 is 1.14 bits per heavy atom. The Labute approximate surface area is 64.1 Å². The molecule has 0 fully saturated rings. The van der Waals surface area contributed by atoms with Crippen LogP contribution >= 0.6 is 7.82 Å². The van der Waals surface area contributed by atoms with E-state index in [9.17, 15) is 0 Å². The Hall–Kier alpha value is 1.27. The minimum Gasteiger partial charge on any atom is -0.822 e. The molecule has 0 saturated carbocycles. The van der Waals surface area contributed by atoms with Gasteiger partial charge >= 0.3 is 17.4 Å². The largest absolute Gasteiger partial charge is 3.00 e. The van der Waals surface area contributed by atoms with Crippen LogP contribution < -0.4 is 14.7 Å². The van der Waals surface area contributed by atoms with Gasteiger partial charge in [0.1, 0.15) is 0 Å². The SMILES string of the molecule is O=P([O-])([O-])[O-].[Al+3].[Zn]. The molecule has 0 unspecified atom stereocenters. The Morgan fingerprint density at radius 1 is 1.14 bits per heavy atom. The zero-order valence-electron chi connectivity index (χ0n) is 3.36. The van der Waals surface area contributed by atoms with Crippen LogP contribution in [0.4, 0.5) is 0 Å². The van der Waals surface area contributed by atoms with Crippen LogP contribution in [-0.2, 0) is 24.0 Å². The monoisotopic (exact) mass is 186 g/mol. The molecule has 0 amide bonds. The van der Waals surface area contributed by atoms with Gasteiger partial charge in [-0.25, -0.2) is 0 Å². The first-order valence-electron chi connectivity index (χ1n) is 0.730.